The van der Waals surface area contributed by atoms with E-state index in [9.17, 15) is 9.59 Å². The average Bonchev–Trinajstić information content (AvgIpc) is 3.28. The first-order valence-corrected chi connectivity index (χ1v) is 12.6. The Morgan fingerprint density at radius 1 is 0.971 bits per heavy atom. The lowest BCUT2D eigenvalue weighted by molar-refractivity contribution is 0.0889. The van der Waals surface area contributed by atoms with E-state index in [1.165, 1.54) is 11.3 Å². The van der Waals surface area contributed by atoms with Gasteiger partial charge in [-0.3, -0.25) is 9.59 Å². The van der Waals surface area contributed by atoms with Crippen LogP contribution in [0.3, 0.4) is 0 Å². The number of hydrogen-bond acceptors (Lipinski definition) is 5. The van der Waals surface area contributed by atoms with E-state index >= 15 is 0 Å². The Kier molecular flexibility index (Phi) is 7.85. The molecule has 34 heavy (non-hydrogen) atoms. The van der Waals surface area contributed by atoms with Crippen LogP contribution in [0.5, 0.6) is 5.75 Å². The fourth-order valence-corrected chi connectivity index (χ4v) is 4.97. The maximum Gasteiger partial charge on any atom is 0.270 e. The van der Waals surface area contributed by atoms with Crippen molar-refractivity contribution in [3.63, 3.8) is 0 Å². The van der Waals surface area contributed by atoms with Gasteiger partial charge in [0.25, 0.3) is 11.8 Å². The first-order valence-electron chi connectivity index (χ1n) is 11.4. The number of carbonyl (C=O) groups excluding carboxylic acids is 2. The zero-order valence-electron chi connectivity index (χ0n) is 19.3. The molecule has 1 heterocycles. The highest BCUT2D eigenvalue weighted by atomic mass is 35.5. The van der Waals surface area contributed by atoms with Crippen molar-refractivity contribution in [2.75, 3.05) is 0 Å². The summed E-state index contributed by atoms with van der Waals surface area (Å²) >= 11 is 7.31. The van der Waals surface area contributed by atoms with E-state index in [1.54, 1.807) is 29.6 Å². The third kappa shape index (κ3) is 6.58. The predicted molar refractivity (Wildman–Crippen MR) is 135 cm³/mol. The number of benzene rings is 2. The molecule has 4 rings (SSSR count). The summed E-state index contributed by atoms with van der Waals surface area (Å²) < 4.78 is 5.85. The summed E-state index contributed by atoms with van der Waals surface area (Å²) in [6, 6.07) is 13.1. The number of nitrogens with zero attached hydrogens (tertiary/aromatic N) is 1. The number of aromatic nitrogens is 1. The highest BCUT2D eigenvalue weighted by Crippen LogP contribution is 2.21. The Hall–Kier alpha value is -2.90. The van der Waals surface area contributed by atoms with Crippen LogP contribution in [0.4, 0.5) is 0 Å². The fourth-order valence-electron chi connectivity index (χ4n) is 4.15. The second kappa shape index (κ2) is 11.0. The smallest absolute Gasteiger partial charge is 0.270 e. The summed E-state index contributed by atoms with van der Waals surface area (Å²) in [5.74, 6) is 0.545. The summed E-state index contributed by atoms with van der Waals surface area (Å²) in [5.41, 5.74) is 3.31. The lowest BCUT2D eigenvalue weighted by Crippen LogP contribution is -2.43. The van der Waals surface area contributed by atoms with Crippen LogP contribution in [0, 0.1) is 13.8 Å². The van der Waals surface area contributed by atoms with Crippen molar-refractivity contribution in [1.82, 2.24) is 15.6 Å². The summed E-state index contributed by atoms with van der Waals surface area (Å²) in [6.45, 7) is 4.40. The van der Waals surface area contributed by atoms with Gasteiger partial charge in [-0.05, 0) is 87.1 Å². The minimum atomic E-state index is -0.164. The molecule has 3 aromatic rings. The molecule has 6 nitrogen and oxygen atoms in total. The number of aryl methyl sites for hydroxylation is 2. The molecule has 0 spiro atoms. The number of rotatable bonds is 7. The minimum Gasteiger partial charge on any atom is -0.486 e. The topological polar surface area (TPSA) is 80.3 Å². The van der Waals surface area contributed by atoms with Gasteiger partial charge in [-0.25, -0.2) is 4.98 Å². The molecule has 0 saturated heterocycles. The van der Waals surface area contributed by atoms with Gasteiger partial charge in [0.2, 0.25) is 0 Å². The molecular weight excluding hydrogens is 470 g/mol. The highest BCUT2D eigenvalue weighted by molar-refractivity contribution is 7.09. The molecule has 0 aliphatic heterocycles. The second-order valence-electron chi connectivity index (χ2n) is 8.74. The lowest BCUT2D eigenvalue weighted by atomic mass is 9.91. The number of halogens is 1. The molecule has 1 aliphatic carbocycles. The number of ether oxygens (including phenoxy) is 1. The van der Waals surface area contributed by atoms with Crippen molar-refractivity contribution in [3.05, 3.63) is 80.3 Å². The first kappa shape index (κ1) is 24.2. The second-order valence-corrected chi connectivity index (χ2v) is 10.1. The van der Waals surface area contributed by atoms with Crippen LogP contribution in [0.15, 0.2) is 47.8 Å². The molecule has 1 saturated carbocycles. The molecule has 2 N–H and O–H groups in total. The number of nitrogens with one attached hydrogen (secondary N) is 2. The molecule has 1 aromatic heterocycles. The third-order valence-electron chi connectivity index (χ3n) is 5.85. The molecule has 1 aliphatic rings. The Balaban J connectivity index is 1.22. The van der Waals surface area contributed by atoms with Gasteiger partial charge in [-0.1, -0.05) is 17.7 Å². The quantitative estimate of drug-likeness (QED) is 0.454. The first-order chi connectivity index (χ1) is 16.4. The van der Waals surface area contributed by atoms with Crippen LogP contribution in [0.1, 0.15) is 62.7 Å². The van der Waals surface area contributed by atoms with Gasteiger partial charge in [0.15, 0.2) is 0 Å². The van der Waals surface area contributed by atoms with Gasteiger partial charge >= 0.3 is 0 Å². The summed E-state index contributed by atoms with van der Waals surface area (Å²) in [7, 11) is 0. The number of thiazole rings is 1. The Morgan fingerprint density at radius 2 is 1.56 bits per heavy atom. The number of amides is 2. The Bertz CT molecular complexity index is 1130. The van der Waals surface area contributed by atoms with Gasteiger partial charge < -0.3 is 15.4 Å². The van der Waals surface area contributed by atoms with Crippen molar-refractivity contribution in [2.24, 2.45) is 0 Å². The van der Waals surface area contributed by atoms with Crippen molar-refractivity contribution >= 4 is 34.8 Å². The largest absolute Gasteiger partial charge is 0.486 e. The monoisotopic (exact) mass is 497 g/mol. The van der Waals surface area contributed by atoms with Crippen molar-refractivity contribution < 1.29 is 14.3 Å². The van der Waals surface area contributed by atoms with E-state index in [2.05, 4.69) is 21.7 Å². The zero-order valence-corrected chi connectivity index (χ0v) is 20.8. The molecule has 0 bridgehead atoms. The minimum absolute atomic E-state index is 0.0767. The van der Waals surface area contributed by atoms with Gasteiger partial charge in [0.1, 0.15) is 23.1 Å². The predicted octanol–water partition coefficient (Wildman–Crippen LogP) is 5.46. The van der Waals surface area contributed by atoms with Gasteiger partial charge in [0, 0.05) is 28.0 Å². The number of carbonyl (C=O) groups is 2. The van der Waals surface area contributed by atoms with E-state index in [-0.39, 0.29) is 23.9 Å². The van der Waals surface area contributed by atoms with Crippen molar-refractivity contribution in [1.29, 1.82) is 0 Å². The molecule has 178 valence electrons. The maximum atomic E-state index is 12.7. The lowest BCUT2D eigenvalue weighted by Gasteiger charge is -2.29. The van der Waals surface area contributed by atoms with Crippen LogP contribution in [0.2, 0.25) is 5.02 Å². The van der Waals surface area contributed by atoms with E-state index in [0.29, 0.717) is 22.9 Å². The normalized spacial score (nSPS) is 17.7. The Labute approximate surface area is 208 Å². The highest BCUT2D eigenvalue weighted by Gasteiger charge is 2.25. The molecule has 8 heteroatoms. The molecular formula is C26H28ClN3O3S. The van der Waals surface area contributed by atoms with E-state index in [4.69, 9.17) is 16.3 Å². The SMILES string of the molecule is Cc1cc(C)cc(OCc2nc(C(=O)NC3CCC(NC(=O)c4ccc(Cl)cc4)CC3)cs2)c1. The van der Waals surface area contributed by atoms with Gasteiger partial charge in [-0.2, -0.15) is 0 Å². The van der Waals surface area contributed by atoms with Gasteiger partial charge in [0.05, 0.1) is 0 Å². The van der Waals surface area contributed by atoms with Crippen LogP contribution in [-0.2, 0) is 6.61 Å². The van der Waals surface area contributed by atoms with Gasteiger partial charge in [-0.15, -0.1) is 11.3 Å². The zero-order chi connectivity index (χ0) is 24.1. The van der Waals surface area contributed by atoms with Crippen molar-refractivity contribution in [3.8, 4) is 5.75 Å². The van der Waals surface area contributed by atoms with Crippen LogP contribution in [-0.4, -0.2) is 28.9 Å². The summed E-state index contributed by atoms with van der Waals surface area (Å²) in [5, 5.41) is 9.30. The molecule has 0 unspecified atom stereocenters. The van der Waals surface area contributed by atoms with E-state index in [0.717, 1.165) is 47.6 Å². The van der Waals surface area contributed by atoms with E-state index < -0.39 is 0 Å². The van der Waals surface area contributed by atoms with E-state index in [1.807, 2.05) is 26.0 Å². The Morgan fingerprint density at radius 3 is 2.18 bits per heavy atom. The summed E-state index contributed by atoms with van der Waals surface area (Å²) in [6.07, 6.45) is 3.25. The van der Waals surface area contributed by atoms with Crippen LogP contribution in [0.25, 0.3) is 0 Å². The third-order valence-corrected chi connectivity index (χ3v) is 6.92. The maximum absolute atomic E-state index is 12.7. The summed E-state index contributed by atoms with van der Waals surface area (Å²) in [4.78, 5) is 29.5. The molecule has 0 atom stereocenters. The molecule has 0 radical (unpaired) electrons. The number of hydrogen-bond donors (Lipinski definition) is 2. The van der Waals surface area contributed by atoms with Crippen molar-refractivity contribution in [2.45, 2.75) is 58.2 Å². The molecule has 2 amide bonds. The molecule has 1 fully saturated rings. The molecule has 2 aromatic carbocycles. The fraction of sp³-hybridized carbons (Fsp3) is 0.346. The van der Waals surface area contributed by atoms with Crippen LogP contribution < -0.4 is 15.4 Å². The standard InChI is InChI=1S/C26H28ClN3O3S/c1-16-11-17(2)13-22(12-16)33-14-24-30-23(15-34-24)26(32)29-21-9-7-20(8-10-21)28-25(31)18-3-5-19(27)6-4-18/h3-6,11-13,15,20-21H,7-10,14H2,1-2H3,(H,28,31)(H,29,32). The van der Waals surface area contributed by atoms with Crippen LogP contribution >= 0.6 is 22.9 Å². The average molecular weight is 498 g/mol.